The summed E-state index contributed by atoms with van der Waals surface area (Å²) in [5.74, 6) is 0.166. The number of fused-ring (bicyclic) bond motifs is 1. The Hall–Kier alpha value is -2.11. The number of H-pyrrole nitrogens is 1. The molecule has 0 spiro atoms. The molecule has 2 aromatic heterocycles. The molecule has 2 rings (SSSR count). The van der Waals surface area contributed by atoms with Gasteiger partial charge in [0.25, 0.3) is 0 Å². The number of hydrogen-bond donors (Lipinski definition) is 2. The summed E-state index contributed by atoms with van der Waals surface area (Å²) in [5.41, 5.74) is 0.771. The minimum Gasteiger partial charge on any atom is -0.481 e. The lowest BCUT2D eigenvalue weighted by atomic mass is 10.2. The fraction of sp³-hybridized carbons (Fsp3) is 0.417. The van der Waals surface area contributed by atoms with Gasteiger partial charge >= 0.3 is 5.97 Å². The van der Waals surface area contributed by atoms with Crippen LogP contribution in [0, 0.1) is 12.8 Å². The first-order chi connectivity index (χ1) is 8.49. The van der Waals surface area contributed by atoms with E-state index >= 15 is 0 Å². The third-order valence-corrected chi connectivity index (χ3v) is 2.84. The van der Waals surface area contributed by atoms with E-state index in [9.17, 15) is 4.79 Å². The molecule has 0 aromatic carbocycles. The second-order valence-corrected chi connectivity index (χ2v) is 4.45. The van der Waals surface area contributed by atoms with Crippen LogP contribution in [0.2, 0.25) is 0 Å². The van der Waals surface area contributed by atoms with Gasteiger partial charge < -0.3 is 15.0 Å². The molecule has 0 aliphatic heterocycles. The van der Waals surface area contributed by atoms with Crippen LogP contribution >= 0.6 is 0 Å². The summed E-state index contributed by atoms with van der Waals surface area (Å²) >= 11 is 0. The normalized spacial score (nSPS) is 12.6. The number of carbonyl (C=O) groups is 1. The number of aliphatic carboxylic acids is 1. The van der Waals surface area contributed by atoms with E-state index < -0.39 is 11.9 Å². The summed E-state index contributed by atoms with van der Waals surface area (Å²) < 4.78 is 0. The smallest absolute Gasteiger partial charge is 0.308 e. The number of hydrogen-bond acceptors (Lipinski definition) is 4. The Labute approximate surface area is 105 Å². The Morgan fingerprint density at radius 1 is 1.56 bits per heavy atom. The van der Waals surface area contributed by atoms with Gasteiger partial charge in [-0.3, -0.25) is 4.79 Å². The molecule has 0 amide bonds. The SMILES string of the molecule is Cc1nc(N(C)CC(C)C(=O)O)c2cc[nH]c2n1. The van der Waals surface area contributed by atoms with Gasteiger partial charge in [0.1, 0.15) is 17.3 Å². The second-order valence-electron chi connectivity index (χ2n) is 4.45. The summed E-state index contributed by atoms with van der Waals surface area (Å²) in [4.78, 5) is 24.4. The van der Waals surface area contributed by atoms with Crippen molar-refractivity contribution in [2.75, 3.05) is 18.5 Å². The topological polar surface area (TPSA) is 82.1 Å². The number of aromatic nitrogens is 3. The van der Waals surface area contributed by atoms with Crippen LogP contribution in [-0.2, 0) is 4.79 Å². The molecule has 0 saturated carbocycles. The Balaban J connectivity index is 2.34. The lowest BCUT2D eigenvalue weighted by Gasteiger charge is -2.21. The van der Waals surface area contributed by atoms with Crippen LogP contribution in [0.25, 0.3) is 11.0 Å². The van der Waals surface area contributed by atoms with Crippen LogP contribution in [0.3, 0.4) is 0 Å². The van der Waals surface area contributed by atoms with Crippen molar-refractivity contribution in [2.45, 2.75) is 13.8 Å². The lowest BCUT2D eigenvalue weighted by molar-refractivity contribution is -0.140. The average molecular weight is 248 g/mol. The summed E-state index contributed by atoms with van der Waals surface area (Å²) in [6.45, 7) is 3.91. The molecule has 1 unspecified atom stereocenters. The molecule has 6 heteroatoms. The van der Waals surface area contributed by atoms with Crippen LogP contribution in [0.4, 0.5) is 5.82 Å². The molecule has 0 aliphatic carbocycles. The predicted octanol–water partition coefficient (Wildman–Crippen LogP) is 1.42. The molecule has 0 aliphatic rings. The molecule has 1 atom stereocenters. The molecule has 0 radical (unpaired) electrons. The molecule has 6 nitrogen and oxygen atoms in total. The van der Waals surface area contributed by atoms with Gasteiger partial charge in [-0.2, -0.15) is 0 Å². The Kier molecular flexibility index (Phi) is 3.18. The van der Waals surface area contributed by atoms with E-state index in [-0.39, 0.29) is 0 Å². The maximum Gasteiger partial charge on any atom is 0.308 e. The molecule has 2 heterocycles. The van der Waals surface area contributed by atoms with E-state index in [1.165, 1.54) is 0 Å². The number of carboxylic acids is 1. The Morgan fingerprint density at radius 3 is 2.94 bits per heavy atom. The van der Waals surface area contributed by atoms with Crippen molar-refractivity contribution in [3.63, 3.8) is 0 Å². The van der Waals surface area contributed by atoms with Crippen molar-refractivity contribution in [3.8, 4) is 0 Å². The van der Waals surface area contributed by atoms with Gasteiger partial charge in [-0.15, -0.1) is 0 Å². The van der Waals surface area contributed by atoms with Crippen molar-refractivity contribution < 1.29 is 9.90 Å². The van der Waals surface area contributed by atoms with Crippen molar-refractivity contribution in [1.82, 2.24) is 15.0 Å². The summed E-state index contributed by atoms with van der Waals surface area (Å²) in [6.07, 6.45) is 1.80. The van der Waals surface area contributed by atoms with E-state index in [1.54, 1.807) is 13.1 Å². The standard InChI is InChI=1S/C12H16N4O2/c1-7(12(17)18)6-16(3)11-9-4-5-13-10(9)14-8(2)15-11/h4-5,7H,6H2,1-3H3,(H,17,18)(H,13,14,15). The summed E-state index contributed by atoms with van der Waals surface area (Å²) in [6, 6.07) is 1.89. The van der Waals surface area contributed by atoms with E-state index in [1.807, 2.05) is 24.9 Å². The highest BCUT2D eigenvalue weighted by Gasteiger charge is 2.17. The fourth-order valence-corrected chi connectivity index (χ4v) is 1.90. The minimum atomic E-state index is -0.807. The molecule has 96 valence electrons. The maximum atomic E-state index is 10.9. The van der Waals surface area contributed by atoms with Crippen LogP contribution in [0.1, 0.15) is 12.7 Å². The summed E-state index contributed by atoms with van der Waals surface area (Å²) in [7, 11) is 1.84. The van der Waals surface area contributed by atoms with Gasteiger partial charge in [-0.25, -0.2) is 9.97 Å². The minimum absolute atomic E-state index is 0.409. The van der Waals surface area contributed by atoms with Gasteiger partial charge in [0.05, 0.1) is 11.3 Å². The van der Waals surface area contributed by atoms with Crippen molar-refractivity contribution in [2.24, 2.45) is 5.92 Å². The van der Waals surface area contributed by atoms with E-state index in [4.69, 9.17) is 5.11 Å². The maximum absolute atomic E-state index is 10.9. The third-order valence-electron chi connectivity index (χ3n) is 2.84. The highest BCUT2D eigenvalue weighted by atomic mass is 16.4. The van der Waals surface area contributed by atoms with E-state index in [2.05, 4.69) is 15.0 Å². The fourth-order valence-electron chi connectivity index (χ4n) is 1.90. The van der Waals surface area contributed by atoms with Gasteiger partial charge in [-0.1, -0.05) is 6.92 Å². The molecular formula is C12H16N4O2. The van der Waals surface area contributed by atoms with Crippen LogP contribution in [-0.4, -0.2) is 39.6 Å². The highest BCUT2D eigenvalue weighted by molar-refractivity contribution is 5.87. The number of aryl methyl sites for hydroxylation is 1. The zero-order valence-electron chi connectivity index (χ0n) is 10.6. The van der Waals surface area contributed by atoms with Crippen molar-refractivity contribution in [3.05, 3.63) is 18.1 Å². The first kappa shape index (κ1) is 12.3. The molecule has 0 bridgehead atoms. The zero-order chi connectivity index (χ0) is 13.3. The quantitative estimate of drug-likeness (QED) is 0.855. The highest BCUT2D eigenvalue weighted by Crippen LogP contribution is 2.22. The van der Waals surface area contributed by atoms with Crippen LogP contribution < -0.4 is 4.90 Å². The monoisotopic (exact) mass is 248 g/mol. The number of anilines is 1. The van der Waals surface area contributed by atoms with Crippen molar-refractivity contribution in [1.29, 1.82) is 0 Å². The molecule has 18 heavy (non-hydrogen) atoms. The molecular weight excluding hydrogens is 232 g/mol. The van der Waals surface area contributed by atoms with Crippen LogP contribution in [0.15, 0.2) is 12.3 Å². The van der Waals surface area contributed by atoms with Gasteiger partial charge in [0.2, 0.25) is 0 Å². The van der Waals surface area contributed by atoms with Crippen molar-refractivity contribution >= 4 is 22.8 Å². The summed E-state index contributed by atoms with van der Waals surface area (Å²) in [5, 5.41) is 9.84. The van der Waals surface area contributed by atoms with Gasteiger partial charge in [0.15, 0.2) is 0 Å². The van der Waals surface area contributed by atoms with Crippen LogP contribution in [0.5, 0.6) is 0 Å². The molecule has 0 fully saturated rings. The molecule has 2 aromatic rings. The molecule has 0 saturated heterocycles. The number of nitrogens with one attached hydrogen (secondary N) is 1. The first-order valence-corrected chi connectivity index (χ1v) is 5.74. The molecule has 2 N–H and O–H groups in total. The van der Waals surface area contributed by atoms with E-state index in [0.717, 1.165) is 16.9 Å². The number of carboxylic acid groups (broad SMARTS) is 1. The first-order valence-electron chi connectivity index (χ1n) is 5.74. The largest absolute Gasteiger partial charge is 0.481 e. The Bertz CT molecular complexity index is 578. The predicted molar refractivity (Wildman–Crippen MR) is 68.7 cm³/mol. The third kappa shape index (κ3) is 2.27. The van der Waals surface area contributed by atoms with Gasteiger partial charge in [-0.05, 0) is 13.0 Å². The lowest BCUT2D eigenvalue weighted by Crippen LogP contribution is -2.29. The van der Waals surface area contributed by atoms with Gasteiger partial charge in [0, 0.05) is 19.8 Å². The second kappa shape index (κ2) is 4.64. The number of nitrogens with zero attached hydrogens (tertiary/aromatic N) is 3. The Morgan fingerprint density at radius 2 is 2.28 bits per heavy atom. The zero-order valence-corrected chi connectivity index (χ0v) is 10.6. The number of aromatic amines is 1. The van der Waals surface area contributed by atoms with E-state index in [0.29, 0.717) is 12.4 Å². The average Bonchev–Trinajstić information content (AvgIpc) is 2.75. The number of rotatable bonds is 4.